The van der Waals surface area contributed by atoms with Crippen molar-refractivity contribution in [3.8, 4) is 11.5 Å². The SMILES string of the molecule is Cc1occc1C(=O)NNC(=O)Cn1nc(-c2ccc(F)cc2)oc1=O. The lowest BCUT2D eigenvalue weighted by Crippen LogP contribution is -2.44. The standard InChI is InChI=1S/C16H13FN4O5/c1-9-12(6-7-25-9)14(23)19-18-13(22)8-21-16(24)26-15(20-21)10-2-4-11(17)5-3-10/h2-7H,8H2,1H3,(H,18,22)(H,19,23). The Kier molecular flexibility index (Phi) is 4.65. The molecule has 2 amide bonds. The van der Waals surface area contributed by atoms with Gasteiger partial charge in [-0.2, -0.15) is 4.68 Å². The summed E-state index contributed by atoms with van der Waals surface area (Å²) in [5.41, 5.74) is 5.00. The van der Waals surface area contributed by atoms with Crippen LogP contribution in [0.2, 0.25) is 0 Å². The third-order valence-electron chi connectivity index (χ3n) is 3.41. The Morgan fingerprint density at radius 3 is 2.58 bits per heavy atom. The fraction of sp³-hybridized carbons (Fsp3) is 0.125. The number of hydrogen-bond acceptors (Lipinski definition) is 6. The van der Waals surface area contributed by atoms with Crippen LogP contribution in [-0.2, 0) is 11.3 Å². The molecule has 2 aromatic heterocycles. The van der Waals surface area contributed by atoms with Gasteiger partial charge in [0.25, 0.3) is 11.8 Å². The highest BCUT2D eigenvalue weighted by molar-refractivity contribution is 5.96. The summed E-state index contributed by atoms with van der Waals surface area (Å²) in [5, 5.41) is 3.87. The van der Waals surface area contributed by atoms with Crippen LogP contribution in [0.1, 0.15) is 16.1 Å². The Hall–Kier alpha value is -3.69. The molecule has 3 rings (SSSR count). The van der Waals surface area contributed by atoms with Crippen molar-refractivity contribution in [2.75, 3.05) is 0 Å². The second kappa shape index (κ2) is 7.05. The van der Waals surface area contributed by atoms with Crippen LogP contribution in [0.4, 0.5) is 4.39 Å². The fourth-order valence-corrected chi connectivity index (χ4v) is 2.11. The minimum Gasteiger partial charge on any atom is -0.469 e. The maximum absolute atomic E-state index is 12.9. The summed E-state index contributed by atoms with van der Waals surface area (Å²) in [5.74, 6) is -2.23. The minimum absolute atomic E-state index is 0.0548. The average Bonchev–Trinajstić information content (AvgIpc) is 3.19. The molecular formula is C16H13FN4O5. The molecule has 1 aromatic carbocycles. The molecule has 0 atom stereocenters. The molecule has 2 heterocycles. The van der Waals surface area contributed by atoms with E-state index >= 15 is 0 Å². The lowest BCUT2D eigenvalue weighted by atomic mass is 10.2. The number of carbonyl (C=O) groups is 2. The molecule has 3 aromatic rings. The lowest BCUT2D eigenvalue weighted by Gasteiger charge is -2.05. The molecular weight excluding hydrogens is 347 g/mol. The molecule has 0 unspecified atom stereocenters. The van der Waals surface area contributed by atoms with Crippen molar-refractivity contribution in [3.63, 3.8) is 0 Å². The number of rotatable bonds is 4. The Morgan fingerprint density at radius 2 is 1.92 bits per heavy atom. The molecule has 2 N–H and O–H groups in total. The number of amides is 2. The summed E-state index contributed by atoms with van der Waals surface area (Å²) in [6, 6.07) is 6.60. The van der Waals surface area contributed by atoms with Crippen LogP contribution in [0, 0.1) is 12.7 Å². The van der Waals surface area contributed by atoms with Gasteiger partial charge in [-0.1, -0.05) is 0 Å². The van der Waals surface area contributed by atoms with Gasteiger partial charge in [0.05, 0.1) is 11.8 Å². The van der Waals surface area contributed by atoms with Gasteiger partial charge >= 0.3 is 5.76 Å². The predicted molar refractivity (Wildman–Crippen MR) is 85.2 cm³/mol. The Labute approximate surface area is 145 Å². The second-order valence-corrected chi connectivity index (χ2v) is 5.23. The van der Waals surface area contributed by atoms with E-state index < -0.39 is 29.9 Å². The Bertz CT molecular complexity index is 1000. The van der Waals surface area contributed by atoms with Crippen LogP contribution in [0.15, 0.2) is 50.2 Å². The Morgan fingerprint density at radius 1 is 1.19 bits per heavy atom. The van der Waals surface area contributed by atoms with E-state index in [-0.39, 0.29) is 11.5 Å². The molecule has 0 radical (unpaired) electrons. The van der Waals surface area contributed by atoms with Gasteiger partial charge in [-0.25, -0.2) is 9.18 Å². The molecule has 0 saturated carbocycles. The number of furan rings is 1. The molecule has 0 aliphatic heterocycles. The van der Waals surface area contributed by atoms with Gasteiger partial charge in [-0.05, 0) is 37.3 Å². The topological polar surface area (TPSA) is 119 Å². The molecule has 0 aliphatic rings. The molecule has 26 heavy (non-hydrogen) atoms. The first-order valence-corrected chi connectivity index (χ1v) is 7.41. The summed E-state index contributed by atoms with van der Waals surface area (Å²) < 4.78 is 23.6. The highest BCUT2D eigenvalue weighted by Gasteiger charge is 2.15. The summed E-state index contributed by atoms with van der Waals surface area (Å²) in [4.78, 5) is 35.5. The van der Waals surface area contributed by atoms with E-state index in [9.17, 15) is 18.8 Å². The van der Waals surface area contributed by atoms with Gasteiger partial charge < -0.3 is 8.83 Å². The van der Waals surface area contributed by atoms with Crippen molar-refractivity contribution in [2.45, 2.75) is 13.5 Å². The number of halogens is 1. The quantitative estimate of drug-likeness (QED) is 0.670. The van der Waals surface area contributed by atoms with Crippen molar-refractivity contribution >= 4 is 11.8 Å². The van der Waals surface area contributed by atoms with Gasteiger partial charge in [0.1, 0.15) is 18.1 Å². The van der Waals surface area contributed by atoms with Gasteiger partial charge in [-0.3, -0.25) is 20.4 Å². The maximum Gasteiger partial charge on any atom is 0.437 e. The van der Waals surface area contributed by atoms with E-state index in [0.29, 0.717) is 11.3 Å². The molecule has 0 saturated heterocycles. The number of aryl methyl sites for hydroxylation is 1. The highest BCUT2D eigenvalue weighted by atomic mass is 19.1. The van der Waals surface area contributed by atoms with Crippen LogP contribution >= 0.6 is 0 Å². The van der Waals surface area contributed by atoms with E-state index in [0.717, 1.165) is 4.68 Å². The molecule has 134 valence electrons. The highest BCUT2D eigenvalue weighted by Crippen LogP contribution is 2.15. The summed E-state index contributed by atoms with van der Waals surface area (Å²) in [6.07, 6.45) is 1.35. The number of aromatic nitrogens is 2. The summed E-state index contributed by atoms with van der Waals surface area (Å²) in [6.45, 7) is 1.12. The zero-order valence-electron chi connectivity index (χ0n) is 13.5. The Balaban J connectivity index is 1.63. The number of benzene rings is 1. The van der Waals surface area contributed by atoms with Crippen LogP contribution in [0.5, 0.6) is 0 Å². The van der Waals surface area contributed by atoms with Crippen molar-refractivity contribution in [1.29, 1.82) is 0 Å². The van der Waals surface area contributed by atoms with E-state index in [4.69, 9.17) is 8.83 Å². The number of nitrogens with one attached hydrogen (secondary N) is 2. The van der Waals surface area contributed by atoms with Crippen LogP contribution < -0.4 is 16.6 Å². The minimum atomic E-state index is -0.864. The van der Waals surface area contributed by atoms with Gasteiger partial charge in [0, 0.05) is 5.56 Å². The first-order chi connectivity index (χ1) is 12.4. The maximum atomic E-state index is 12.9. The molecule has 10 heteroatoms. The molecule has 0 fully saturated rings. The second-order valence-electron chi connectivity index (χ2n) is 5.23. The van der Waals surface area contributed by atoms with Crippen LogP contribution in [0.3, 0.4) is 0 Å². The van der Waals surface area contributed by atoms with Crippen LogP contribution in [0.25, 0.3) is 11.5 Å². The zero-order chi connectivity index (χ0) is 18.7. The fourth-order valence-electron chi connectivity index (χ4n) is 2.11. The first-order valence-electron chi connectivity index (χ1n) is 7.41. The normalized spacial score (nSPS) is 10.5. The number of hydrazine groups is 1. The lowest BCUT2D eigenvalue weighted by molar-refractivity contribution is -0.122. The van der Waals surface area contributed by atoms with Crippen molar-refractivity contribution in [1.82, 2.24) is 20.6 Å². The van der Waals surface area contributed by atoms with Gasteiger partial charge in [-0.15, -0.1) is 5.10 Å². The monoisotopic (exact) mass is 360 g/mol. The first kappa shape index (κ1) is 17.1. The molecule has 9 nitrogen and oxygen atoms in total. The number of nitrogens with zero attached hydrogens (tertiary/aromatic N) is 2. The molecule has 0 aliphatic carbocycles. The molecule has 0 spiro atoms. The third kappa shape index (κ3) is 3.69. The van der Waals surface area contributed by atoms with Gasteiger partial charge in [0.15, 0.2) is 0 Å². The molecule has 0 bridgehead atoms. The summed E-state index contributed by atoms with van der Waals surface area (Å²) >= 11 is 0. The van der Waals surface area contributed by atoms with Crippen molar-refractivity contribution < 1.29 is 22.8 Å². The average molecular weight is 360 g/mol. The van der Waals surface area contributed by atoms with E-state index in [1.54, 1.807) is 6.92 Å². The largest absolute Gasteiger partial charge is 0.469 e. The van der Waals surface area contributed by atoms with Crippen molar-refractivity contribution in [3.05, 3.63) is 64.3 Å². The van der Waals surface area contributed by atoms with Crippen LogP contribution in [-0.4, -0.2) is 21.6 Å². The van der Waals surface area contributed by atoms with Gasteiger partial charge in [0.2, 0.25) is 5.89 Å². The predicted octanol–water partition coefficient (Wildman–Crippen LogP) is 1.01. The number of carbonyl (C=O) groups excluding carboxylic acids is 2. The number of hydrogen-bond donors (Lipinski definition) is 2. The van der Waals surface area contributed by atoms with E-state index in [2.05, 4.69) is 16.0 Å². The van der Waals surface area contributed by atoms with Crippen molar-refractivity contribution in [2.24, 2.45) is 0 Å². The van der Waals surface area contributed by atoms with E-state index in [1.807, 2.05) is 0 Å². The zero-order valence-corrected chi connectivity index (χ0v) is 13.5. The summed E-state index contributed by atoms with van der Waals surface area (Å²) in [7, 11) is 0. The van der Waals surface area contributed by atoms with E-state index in [1.165, 1.54) is 36.6 Å². The smallest absolute Gasteiger partial charge is 0.437 e. The third-order valence-corrected chi connectivity index (χ3v) is 3.41.